The number of hydrogen-bond acceptors (Lipinski definition) is 2. The molecule has 0 aliphatic heterocycles. The van der Waals surface area contributed by atoms with E-state index >= 15 is 0 Å². The van der Waals surface area contributed by atoms with Gasteiger partial charge in [-0.3, -0.25) is 0 Å². The summed E-state index contributed by atoms with van der Waals surface area (Å²) in [5, 5.41) is 3.24. The molecule has 0 aliphatic rings. The van der Waals surface area contributed by atoms with E-state index < -0.39 is 0 Å². The third-order valence-electron chi connectivity index (χ3n) is 3.13. The van der Waals surface area contributed by atoms with E-state index in [2.05, 4.69) is 31.0 Å². The quantitative estimate of drug-likeness (QED) is 0.786. The smallest absolute Gasteiger partial charge is 0.126 e. The van der Waals surface area contributed by atoms with Gasteiger partial charge in [0, 0.05) is 23.4 Å². The largest absolute Gasteiger partial charge is 0.496 e. The van der Waals surface area contributed by atoms with Crippen molar-refractivity contribution < 1.29 is 4.74 Å². The Morgan fingerprint density at radius 1 is 1.53 bits per heavy atom. The zero-order valence-corrected chi connectivity index (χ0v) is 11.4. The van der Waals surface area contributed by atoms with E-state index in [1.165, 1.54) is 5.56 Å². The van der Waals surface area contributed by atoms with Crippen LogP contribution >= 0.6 is 11.6 Å². The Bertz CT molecular complexity index is 378. The van der Waals surface area contributed by atoms with Crippen molar-refractivity contribution in [1.82, 2.24) is 5.32 Å². The number of rotatable bonds is 6. The van der Waals surface area contributed by atoms with Gasteiger partial charge in [0.15, 0.2) is 0 Å². The van der Waals surface area contributed by atoms with Crippen LogP contribution in [0, 0.1) is 0 Å². The fraction of sp³-hybridized carbons (Fsp3) is 0.429. The summed E-state index contributed by atoms with van der Waals surface area (Å²) in [4.78, 5) is 0. The summed E-state index contributed by atoms with van der Waals surface area (Å²) in [7, 11) is 3.61. The van der Waals surface area contributed by atoms with Crippen molar-refractivity contribution in [1.29, 1.82) is 0 Å². The zero-order chi connectivity index (χ0) is 12.8. The molecule has 0 bridgehead atoms. The summed E-state index contributed by atoms with van der Waals surface area (Å²) in [6.45, 7) is 5.93. The van der Waals surface area contributed by atoms with Crippen molar-refractivity contribution in [3.63, 3.8) is 0 Å². The van der Waals surface area contributed by atoms with Gasteiger partial charge < -0.3 is 10.1 Å². The maximum absolute atomic E-state index is 6.05. The summed E-state index contributed by atoms with van der Waals surface area (Å²) in [6.07, 6.45) is 1.80. The number of methoxy groups -OCH3 is 1. The summed E-state index contributed by atoms with van der Waals surface area (Å²) in [6, 6.07) is 6.45. The van der Waals surface area contributed by atoms with E-state index in [9.17, 15) is 0 Å². The molecule has 0 spiro atoms. The van der Waals surface area contributed by atoms with Gasteiger partial charge in [0.1, 0.15) is 5.75 Å². The maximum Gasteiger partial charge on any atom is 0.126 e. The van der Waals surface area contributed by atoms with Crippen LogP contribution < -0.4 is 10.1 Å². The third-order valence-corrected chi connectivity index (χ3v) is 3.46. The van der Waals surface area contributed by atoms with E-state index in [4.69, 9.17) is 16.3 Å². The Hall–Kier alpha value is -0.990. The van der Waals surface area contributed by atoms with E-state index in [0.717, 1.165) is 11.3 Å². The molecule has 1 aromatic rings. The Kier molecular flexibility index (Phi) is 5.52. The molecule has 1 rings (SSSR count). The topological polar surface area (TPSA) is 21.3 Å². The predicted molar refractivity (Wildman–Crippen MR) is 75.1 cm³/mol. The fourth-order valence-electron chi connectivity index (χ4n) is 1.86. The summed E-state index contributed by atoms with van der Waals surface area (Å²) in [5.74, 6) is 1.71. The first-order valence-corrected chi connectivity index (χ1v) is 6.25. The summed E-state index contributed by atoms with van der Waals surface area (Å²) < 4.78 is 5.27. The van der Waals surface area contributed by atoms with Crippen LogP contribution in [0.4, 0.5) is 0 Å². The van der Waals surface area contributed by atoms with Crippen molar-refractivity contribution in [2.24, 2.45) is 0 Å². The van der Waals surface area contributed by atoms with E-state index in [1.54, 1.807) is 13.2 Å². The highest BCUT2D eigenvalue weighted by atomic mass is 35.5. The van der Waals surface area contributed by atoms with E-state index in [0.29, 0.717) is 11.9 Å². The van der Waals surface area contributed by atoms with Crippen molar-refractivity contribution >= 4 is 17.7 Å². The molecule has 0 saturated heterocycles. The Morgan fingerprint density at radius 2 is 2.24 bits per heavy atom. The number of ether oxygens (including phenoxy) is 1. The third kappa shape index (κ3) is 3.24. The molecule has 17 heavy (non-hydrogen) atoms. The minimum Gasteiger partial charge on any atom is -0.496 e. The van der Waals surface area contributed by atoms with Gasteiger partial charge in [-0.2, -0.15) is 0 Å². The van der Waals surface area contributed by atoms with Gasteiger partial charge in [-0.1, -0.05) is 18.7 Å². The van der Waals surface area contributed by atoms with Gasteiger partial charge >= 0.3 is 0 Å². The number of halogens is 1. The van der Waals surface area contributed by atoms with Crippen molar-refractivity contribution in [3.05, 3.63) is 35.9 Å². The molecule has 0 heterocycles. The molecule has 0 saturated carbocycles. The second-order valence-corrected chi connectivity index (χ2v) is 4.35. The van der Waals surface area contributed by atoms with E-state index in [-0.39, 0.29) is 5.92 Å². The molecule has 0 amide bonds. The average molecular weight is 254 g/mol. The van der Waals surface area contributed by atoms with Crippen LogP contribution in [0.2, 0.25) is 0 Å². The molecule has 94 valence electrons. The normalized spacial score (nSPS) is 14.1. The van der Waals surface area contributed by atoms with Crippen LogP contribution in [-0.2, 0) is 0 Å². The number of alkyl halides is 1. The Morgan fingerprint density at radius 3 is 2.71 bits per heavy atom. The lowest BCUT2D eigenvalue weighted by Crippen LogP contribution is -2.29. The first-order chi connectivity index (χ1) is 8.17. The zero-order valence-electron chi connectivity index (χ0n) is 10.7. The van der Waals surface area contributed by atoms with E-state index in [1.807, 2.05) is 13.1 Å². The van der Waals surface area contributed by atoms with Crippen LogP contribution in [0.3, 0.4) is 0 Å². The van der Waals surface area contributed by atoms with Crippen LogP contribution in [0.25, 0.3) is 6.08 Å². The lowest BCUT2D eigenvalue weighted by Gasteiger charge is -2.22. The fourth-order valence-corrected chi connectivity index (χ4v) is 2.30. The van der Waals surface area contributed by atoms with Crippen LogP contribution in [0.1, 0.15) is 24.0 Å². The standard InChI is InChI=1S/C14H20ClNO/c1-5-11-8-12(6-7-14(11)17-4)13(9-15)10(2)16-3/h5-8,10,13,16H,1,9H2,2-4H3. The minimum absolute atomic E-state index is 0.284. The predicted octanol–water partition coefficient (Wildman–Crippen LogP) is 3.27. The molecule has 3 heteroatoms. The van der Waals surface area contributed by atoms with Gasteiger partial charge in [-0.25, -0.2) is 0 Å². The molecule has 0 radical (unpaired) electrons. The summed E-state index contributed by atoms with van der Waals surface area (Å²) in [5.41, 5.74) is 2.21. The van der Waals surface area contributed by atoms with Crippen LogP contribution in [0.15, 0.2) is 24.8 Å². The lowest BCUT2D eigenvalue weighted by atomic mass is 9.92. The number of hydrogen-bond donors (Lipinski definition) is 1. The van der Waals surface area contributed by atoms with Gasteiger partial charge in [0.05, 0.1) is 7.11 Å². The van der Waals surface area contributed by atoms with Crippen molar-refractivity contribution in [3.8, 4) is 5.75 Å². The van der Waals surface area contributed by atoms with Gasteiger partial charge in [-0.15, -0.1) is 11.6 Å². The molecule has 2 nitrogen and oxygen atoms in total. The molecule has 2 unspecified atom stereocenters. The van der Waals surface area contributed by atoms with Gasteiger partial charge in [-0.05, 0) is 31.7 Å². The highest BCUT2D eigenvalue weighted by Crippen LogP contribution is 2.27. The molecular formula is C14H20ClNO. The number of nitrogens with one attached hydrogen (secondary N) is 1. The molecule has 0 aromatic heterocycles. The highest BCUT2D eigenvalue weighted by Gasteiger charge is 2.17. The second kappa shape index (κ2) is 6.67. The van der Waals surface area contributed by atoms with Crippen molar-refractivity contribution in [2.75, 3.05) is 20.0 Å². The first kappa shape index (κ1) is 14.1. The maximum atomic E-state index is 6.05. The highest BCUT2D eigenvalue weighted by molar-refractivity contribution is 6.18. The molecule has 0 aliphatic carbocycles. The Balaban J connectivity index is 3.08. The van der Waals surface area contributed by atoms with Gasteiger partial charge in [0.25, 0.3) is 0 Å². The molecule has 1 aromatic carbocycles. The van der Waals surface area contributed by atoms with Crippen molar-refractivity contribution in [2.45, 2.75) is 18.9 Å². The second-order valence-electron chi connectivity index (χ2n) is 4.04. The molecule has 1 N–H and O–H groups in total. The summed E-state index contributed by atoms with van der Waals surface area (Å²) >= 11 is 6.05. The Labute approximate surface area is 109 Å². The lowest BCUT2D eigenvalue weighted by molar-refractivity contribution is 0.413. The van der Waals surface area contributed by atoms with Crippen LogP contribution in [-0.4, -0.2) is 26.1 Å². The number of benzene rings is 1. The van der Waals surface area contributed by atoms with Crippen LogP contribution in [0.5, 0.6) is 5.75 Å². The molecule has 2 atom stereocenters. The molecule has 0 fully saturated rings. The van der Waals surface area contributed by atoms with Gasteiger partial charge in [0.2, 0.25) is 0 Å². The first-order valence-electron chi connectivity index (χ1n) is 5.71. The monoisotopic (exact) mass is 253 g/mol. The average Bonchev–Trinajstić information content (AvgIpc) is 2.38. The number of likely N-dealkylation sites (N-methyl/N-ethyl adjacent to an activating group) is 1. The SMILES string of the molecule is C=Cc1cc(C(CCl)C(C)NC)ccc1OC. The molecular weight excluding hydrogens is 234 g/mol. The minimum atomic E-state index is 0.284.